The van der Waals surface area contributed by atoms with Crippen molar-refractivity contribution in [3.05, 3.63) is 30.1 Å². The summed E-state index contributed by atoms with van der Waals surface area (Å²) in [5.41, 5.74) is 7.44. The third-order valence-corrected chi connectivity index (χ3v) is 2.96. The Balaban J connectivity index is 2.62. The zero-order chi connectivity index (χ0) is 14.7. The molecule has 0 fully saturated rings. The van der Waals surface area contributed by atoms with Crippen LogP contribution in [0.2, 0.25) is 0 Å². The maximum atomic E-state index is 5.87. The predicted molar refractivity (Wildman–Crippen MR) is 79.1 cm³/mol. The largest absolute Gasteiger partial charge is 0.493 e. The van der Waals surface area contributed by atoms with Gasteiger partial charge in [-0.25, -0.2) is 9.97 Å². The number of hydrogen-bond donors (Lipinski definition) is 1. The van der Waals surface area contributed by atoms with Gasteiger partial charge in [-0.2, -0.15) is 0 Å². The smallest absolute Gasteiger partial charge is 0.170 e. The molecule has 0 saturated heterocycles. The average molecular weight is 273 g/mol. The van der Waals surface area contributed by atoms with E-state index in [0.29, 0.717) is 23.1 Å². The SMILES string of the molecule is COc1cccc(-c2cc(N)nc(C(C)C)n2)c1OC. The second kappa shape index (κ2) is 5.77. The Kier molecular flexibility index (Phi) is 4.08. The molecule has 5 nitrogen and oxygen atoms in total. The Bertz CT molecular complexity index is 612. The quantitative estimate of drug-likeness (QED) is 0.927. The molecule has 0 bridgehead atoms. The summed E-state index contributed by atoms with van der Waals surface area (Å²) in [6.07, 6.45) is 0. The lowest BCUT2D eigenvalue weighted by Crippen LogP contribution is -2.03. The van der Waals surface area contributed by atoms with E-state index >= 15 is 0 Å². The van der Waals surface area contributed by atoms with E-state index in [1.807, 2.05) is 32.0 Å². The van der Waals surface area contributed by atoms with Crippen LogP contribution in [0.4, 0.5) is 5.82 Å². The van der Waals surface area contributed by atoms with Gasteiger partial charge in [0.05, 0.1) is 19.9 Å². The maximum absolute atomic E-state index is 5.87. The molecular formula is C15H19N3O2. The molecule has 0 spiro atoms. The van der Waals surface area contributed by atoms with Crippen molar-refractivity contribution in [3.63, 3.8) is 0 Å². The van der Waals surface area contributed by atoms with E-state index in [4.69, 9.17) is 15.2 Å². The van der Waals surface area contributed by atoms with E-state index in [-0.39, 0.29) is 5.92 Å². The van der Waals surface area contributed by atoms with Crippen LogP contribution < -0.4 is 15.2 Å². The number of nitrogens with two attached hydrogens (primary N) is 1. The highest BCUT2D eigenvalue weighted by Gasteiger charge is 2.15. The third-order valence-electron chi connectivity index (χ3n) is 2.96. The lowest BCUT2D eigenvalue weighted by atomic mass is 10.1. The fourth-order valence-corrected chi connectivity index (χ4v) is 1.97. The summed E-state index contributed by atoms with van der Waals surface area (Å²) < 4.78 is 10.7. The summed E-state index contributed by atoms with van der Waals surface area (Å²) in [4.78, 5) is 8.81. The highest BCUT2D eigenvalue weighted by molar-refractivity contribution is 5.72. The fraction of sp³-hybridized carbons (Fsp3) is 0.333. The second-order valence-electron chi connectivity index (χ2n) is 4.73. The Labute approximate surface area is 118 Å². The van der Waals surface area contributed by atoms with Crippen molar-refractivity contribution in [2.45, 2.75) is 19.8 Å². The maximum Gasteiger partial charge on any atom is 0.170 e. The summed E-state index contributed by atoms with van der Waals surface area (Å²) in [6, 6.07) is 7.40. The van der Waals surface area contributed by atoms with Crippen LogP contribution in [0, 0.1) is 0 Å². The Morgan fingerprint density at radius 3 is 2.45 bits per heavy atom. The number of ether oxygens (including phenoxy) is 2. The molecule has 0 amide bonds. The first-order chi connectivity index (χ1) is 9.56. The van der Waals surface area contributed by atoms with Gasteiger partial charge in [0.2, 0.25) is 0 Å². The number of hydrogen-bond acceptors (Lipinski definition) is 5. The molecule has 0 aliphatic heterocycles. The van der Waals surface area contributed by atoms with Crippen LogP contribution in [0.25, 0.3) is 11.3 Å². The van der Waals surface area contributed by atoms with E-state index in [1.54, 1.807) is 20.3 Å². The minimum Gasteiger partial charge on any atom is -0.493 e. The first-order valence-corrected chi connectivity index (χ1v) is 6.42. The molecule has 0 radical (unpaired) electrons. The highest BCUT2D eigenvalue weighted by Crippen LogP contribution is 2.37. The van der Waals surface area contributed by atoms with Crippen molar-refractivity contribution in [3.8, 4) is 22.8 Å². The van der Waals surface area contributed by atoms with E-state index in [0.717, 1.165) is 11.3 Å². The molecule has 5 heteroatoms. The standard InChI is InChI=1S/C15H19N3O2/c1-9(2)15-17-11(8-13(16)18-15)10-6-5-7-12(19-3)14(10)20-4/h5-9H,1-4H3,(H2,16,17,18). The van der Waals surface area contributed by atoms with Crippen LogP contribution in [-0.4, -0.2) is 24.2 Å². The normalized spacial score (nSPS) is 10.7. The number of methoxy groups -OCH3 is 2. The summed E-state index contributed by atoms with van der Waals surface area (Å²) in [6.45, 7) is 4.06. The monoisotopic (exact) mass is 273 g/mol. The lowest BCUT2D eigenvalue weighted by molar-refractivity contribution is 0.356. The highest BCUT2D eigenvalue weighted by atomic mass is 16.5. The van der Waals surface area contributed by atoms with Crippen LogP contribution in [0.15, 0.2) is 24.3 Å². The van der Waals surface area contributed by atoms with Crippen LogP contribution in [-0.2, 0) is 0 Å². The molecule has 0 saturated carbocycles. The van der Waals surface area contributed by atoms with Crippen LogP contribution in [0.1, 0.15) is 25.6 Å². The Hall–Kier alpha value is -2.30. The zero-order valence-corrected chi connectivity index (χ0v) is 12.2. The number of aromatic nitrogens is 2. The average Bonchev–Trinajstić information content (AvgIpc) is 2.45. The van der Waals surface area contributed by atoms with Crippen molar-refractivity contribution in [1.82, 2.24) is 9.97 Å². The number of para-hydroxylation sites is 1. The first kappa shape index (κ1) is 14.1. The second-order valence-corrected chi connectivity index (χ2v) is 4.73. The van der Waals surface area contributed by atoms with E-state index in [9.17, 15) is 0 Å². The lowest BCUT2D eigenvalue weighted by Gasteiger charge is -2.13. The minimum atomic E-state index is 0.203. The van der Waals surface area contributed by atoms with Crippen molar-refractivity contribution in [1.29, 1.82) is 0 Å². The number of rotatable bonds is 4. The summed E-state index contributed by atoms with van der Waals surface area (Å²) in [7, 11) is 3.21. The molecular weight excluding hydrogens is 254 g/mol. The molecule has 0 aliphatic carbocycles. The molecule has 106 valence electrons. The minimum absolute atomic E-state index is 0.203. The van der Waals surface area contributed by atoms with Gasteiger partial charge in [0, 0.05) is 17.5 Å². The molecule has 2 rings (SSSR count). The summed E-state index contributed by atoms with van der Waals surface area (Å²) in [5.74, 6) is 2.67. The number of benzene rings is 1. The Morgan fingerprint density at radius 1 is 1.10 bits per heavy atom. The van der Waals surface area contributed by atoms with Gasteiger partial charge in [-0.3, -0.25) is 0 Å². The predicted octanol–water partition coefficient (Wildman–Crippen LogP) is 2.87. The van der Waals surface area contributed by atoms with Gasteiger partial charge in [-0.05, 0) is 12.1 Å². The molecule has 20 heavy (non-hydrogen) atoms. The van der Waals surface area contributed by atoms with Crippen LogP contribution in [0.5, 0.6) is 11.5 Å². The number of nitrogens with zero attached hydrogens (tertiary/aromatic N) is 2. The van der Waals surface area contributed by atoms with Crippen molar-refractivity contribution in [2.24, 2.45) is 0 Å². The van der Waals surface area contributed by atoms with Gasteiger partial charge < -0.3 is 15.2 Å². The van der Waals surface area contributed by atoms with E-state index in [1.165, 1.54) is 0 Å². The van der Waals surface area contributed by atoms with Gasteiger partial charge in [0.25, 0.3) is 0 Å². The van der Waals surface area contributed by atoms with Gasteiger partial charge in [0.1, 0.15) is 11.6 Å². The molecule has 1 aromatic heterocycles. The van der Waals surface area contributed by atoms with Gasteiger partial charge in [-0.15, -0.1) is 0 Å². The summed E-state index contributed by atoms with van der Waals surface area (Å²) in [5, 5.41) is 0. The van der Waals surface area contributed by atoms with Crippen molar-refractivity contribution in [2.75, 3.05) is 20.0 Å². The molecule has 0 unspecified atom stereocenters. The molecule has 0 aliphatic rings. The third kappa shape index (κ3) is 2.66. The fourth-order valence-electron chi connectivity index (χ4n) is 1.97. The topological polar surface area (TPSA) is 70.3 Å². The van der Waals surface area contributed by atoms with Gasteiger partial charge >= 0.3 is 0 Å². The molecule has 2 N–H and O–H groups in total. The molecule has 2 aromatic rings. The van der Waals surface area contributed by atoms with Gasteiger partial charge in [-0.1, -0.05) is 19.9 Å². The molecule has 1 heterocycles. The summed E-state index contributed by atoms with van der Waals surface area (Å²) >= 11 is 0. The zero-order valence-electron chi connectivity index (χ0n) is 12.2. The van der Waals surface area contributed by atoms with E-state index < -0.39 is 0 Å². The van der Waals surface area contributed by atoms with Crippen molar-refractivity contribution < 1.29 is 9.47 Å². The number of nitrogen functional groups attached to an aromatic ring is 1. The van der Waals surface area contributed by atoms with E-state index in [2.05, 4.69) is 9.97 Å². The van der Waals surface area contributed by atoms with Crippen molar-refractivity contribution >= 4 is 5.82 Å². The Morgan fingerprint density at radius 2 is 1.85 bits per heavy atom. The van der Waals surface area contributed by atoms with Gasteiger partial charge in [0.15, 0.2) is 11.5 Å². The van der Waals surface area contributed by atoms with Crippen LogP contribution in [0.3, 0.4) is 0 Å². The number of anilines is 1. The molecule has 1 aromatic carbocycles. The first-order valence-electron chi connectivity index (χ1n) is 6.42. The molecule has 0 atom stereocenters. The van der Waals surface area contributed by atoms with Crippen LogP contribution >= 0.6 is 0 Å².